The zero-order valence-corrected chi connectivity index (χ0v) is 14.9. The van der Waals surface area contributed by atoms with E-state index in [0.717, 1.165) is 25.9 Å². The van der Waals surface area contributed by atoms with Gasteiger partial charge in [-0.25, -0.2) is 4.79 Å². The van der Waals surface area contributed by atoms with Gasteiger partial charge in [-0.1, -0.05) is 23.8 Å². The van der Waals surface area contributed by atoms with Crippen LogP contribution < -0.4 is 10.6 Å². The average Bonchev–Trinajstić information content (AvgIpc) is 3.02. The van der Waals surface area contributed by atoms with Gasteiger partial charge in [0.1, 0.15) is 6.61 Å². The first-order valence-corrected chi connectivity index (χ1v) is 8.74. The van der Waals surface area contributed by atoms with E-state index in [4.69, 9.17) is 16.3 Å². The van der Waals surface area contributed by atoms with E-state index in [1.165, 1.54) is 7.11 Å². The smallest absolute Gasteiger partial charge is 0.321 e. The van der Waals surface area contributed by atoms with E-state index in [2.05, 4.69) is 22.8 Å². The van der Waals surface area contributed by atoms with E-state index >= 15 is 0 Å². The van der Waals surface area contributed by atoms with Gasteiger partial charge >= 0.3 is 6.03 Å². The lowest BCUT2D eigenvalue weighted by Gasteiger charge is -2.18. The number of hydrogen-bond acceptors (Lipinski definition) is 3. The molecule has 6 nitrogen and oxygen atoms in total. The highest BCUT2D eigenvalue weighted by atomic mass is 35.5. The van der Waals surface area contributed by atoms with E-state index < -0.39 is 0 Å². The third kappa shape index (κ3) is 4.32. The first kappa shape index (κ1) is 17.8. The number of rotatable bonds is 4. The molecule has 0 aromatic heterocycles. The summed E-state index contributed by atoms with van der Waals surface area (Å²) in [5.74, 6) is 0.829. The molecule has 1 aromatic rings. The summed E-state index contributed by atoms with van der Waals surface area (Å²) < 4.78 is 4.79. The van der Waals surface area contributed by atoms with Crippen molar-refractivity contribution in [3.8, 4) is 0 Å². The third-order valence-corrected chi connectivity index (χ3v) is 5.00. The Balaban J connectivity index is 1.63. The number of likely N-dealkylation sites (tertiary alicyclic amines) is 1. The number of nitrogens with zero attached hydrogens (tertiary/aromatic N) is 1. The number of carbonyl (C=O) groups excluding carboxylic acids is 2. The summed E-state index contributed by atoms with van der Waals surface area (Å²) in [6.45, 7) is 1.50. The van der Waals surface area contributed by atoms with Crippen LogP contribution in [-0.4, -0.2) is 43.6 Å². The molecular formula is C18H22ClN3O3. The van der Waals surface area contributed by atoms with Crippen LogP contribution in [0, 0.1) is 11.8 Å². The minimum Gasteiger partial charge on any atom is -0.375 e. The summed E-state index contributed by atoms with van der Waals surface area (Å²) in [5.41, 5.74) is 1.04. The van der Waals surface area contributed by atoms with E-state index in [1.54, 1.807) is 18.2 Å². The molecular weight excluding hydrogens is 342 g/mol. The Morgan fingerprint density at radius 2 is 1.88 bits per heavy atom. The van der Waals surface area contributed by atoms with Gasteiger partial charge in [0.2, 0.25) is 5.91 Å². The number of carbonyl (C=O) groups is 2. The molecule has 1 fully saturated rings. The number of methoxy groups -OCH3 is 1. The predicted octanol–water partition coefficient (Wildman–Crippen LogP) is 3.35. The maximum Gasteiger partial charge on any atom is 0.321 e. The summed E-state index contributed by atoms with van der Waals surface area (Å²) in [4.78, 5) is 26.0. The zero-order valence-electron chi connectivity index (χ0n) is 14.1. The molecule has 0 bridgehead atoms. The maximum absolute atomic E-state index is 12.6. The molecule has 2 aliphatic rings. The second-order valence-corrected chi connectivity index (χ2v) is 6.88. The summed E-state index contributed by atoms with van der Waals surface area (Å²) in [5, 5.41) is 5.98. The molecule has 2 N–H and O–H groups in total. The number of hydrogen-bond donors (Lipinski definition) is 2. The quantitative estimate of drug-likeness (QED) is 0.806. The van der Waals surface area contributed by atoms with Crippen molar-refractivity contribution in [2.75, 3.05) is 37.4 Å². The number of amides is 3. The highest BCUT2D eigenvalue weighted by molar-refractivity contribution is 6.33. The normalized spacial score (nSPS) is 21.8. The van der Waals surface area contributed by atoms with E-state index in [9.17, 15) is 9.59 Å². The monoisotopic (exact) mass is 363 g/mol. The van der Waals surface area contributed by atoms with Crippen molar-refractivity contribution in [3.63, 3.8) is 0 Å². The fourth-order valence-electron chi connectivity index (χ4n) is 3.40. The number of halogens is 1. The Morgan fingerprint density at radius 1 is 1.20 bits per heavy atom. The van der Waals surface area contributed by atoms with Crippen LogP contribution >= 0.6 is 11.6 Å². The van der Waals surface area contributed by atoms with Gasteiger partial charge in [0.15, 0.2) is 0 Å². The Hall–Kier alpha value is -2.05. The molecule has 0 spiro atoms. The minimum absolute atomic E-state index is 0.0328. The zero-order chi connectivity index (χ0) is 17.8. The fraction of sp³-hybridized carbons (Fsp3) is 0.444. The Bertz CT molecular complexity index is 676. The van der Waals surface area contributed by atoms with Crippen molar-refractivity contribution in [3.05, 3.63) is 35.4 Å². The summed E-state index contributed by atoms with van der Waals surface area (Å²) >= 11 is 6.19. The molecule has 7 heteroatoms. The summed E-state index contributed by atoms with van der Waals surface area (Å²) in [7, 11) is 1.45. The van der Waals surface area contributed by atoms with E-state index in [1.807, 2.05) is 4.90 Å². The molecule has 1 saturated heterocycles. The highest BCUT2D eigenvalue weighted by Gasteiger charge is 2.35. The van der Waals surface area contributed by atoms with Crippen molar-refractivity contribution in [2.45, 2.75) is 12.8 Å². The standard InChI is InChI=1S/C18H22ClN3O3/c1-25-11-17(23)20-14-6-7-15(19)16(8-14)21-18(24)22-9-12-4-2-3-5-13(12)10-22/h2-3,6-8,12-13H,4-5,9-11H2,1H3,(H,20,23)(H,21,24). The van der Waals surface area contributed by atoms with Gasteiger partial charge in [-0.05, 0) is 42.9 Å². The third-order valence-electron chi connectivity index (χ3n) is 4.68. The molecule has 1 aromatic carbocycles. The molecule has 1 aliphatic carbocycles. The Morgan fingerprint density at radius 3 is 2.52 bits per heavy atom. The summed E-state index contributed by atoms with van der Waals surface area (Å²) in [6, 6.07) is 4.82. The van der Waals surface area contributed by atoms with E-state index in [-0.39, 0.29) is 18.5 Å². The number of anilines is 2. The molecule has 25 heavy (non-hydrogen) atoms. The lowest BCUT2D eigenvalue weighted by atomic mass is 9.86. The number of ether oxygens (including phenoxy) is 1. The number of benzene rings is 1. The van der Waals surface area contributed by atoms with Crippen LogP contribution in [0.5, 0.6) is 0 Å². The molecule has 0 radical (unpaired) electrons. The van der Waals surface area contributed by atoms with Gasteiger partial charge in [0.05, 0.1) is 10.7 Å². The number of urea groups is 1. The molecule has 134 valence electrons. The molecule has 1 aliphatic heterocycles. The lowest BCUT2D eigenvalue weighted by Crippen LogP contribution is -2.33. The molecule has 3 amide bonds. The fourth-order valence-corrected chi connectivity index (χ4v) is 3.57. The van der Waals surface area contributed by atoms with Crippen molar-refractivity contribution in [2.24, 2.45) is 11.8 Å². The van der Waals surface area contributed by atoms with Crippen LogP contribution in [0.4, 0.5) is 16.2 Å². The van der Waals surface area contributed by atoms with Gasteiger partial charge in [0.25, 0.3) is 0 Å². The lowest BCUT2D eigenvalue weighted by molar-refractivity contribution is -0.119. The average molecular weight is 364 g/mol. The van der Waals surface area contributed by atoms with Crippen LogP contribution in [0.2, 0.25) is 5.02 Å². The molecule has 2 atom stereocenters. The van der Waals surface area contributed by atoms with Crippen LogP contribution in [0.25, 0.3) is 0 Å². The SMILES string of the molecule is COCC(=O)Nc1ccc(Cl)c(NC(=O)N2CC3CC=CCC3C2)c1. The van der Waals surface area contributed by atoms with Gasteiger partial charge < -0.3 is 20.3 Å². The second-order valence-electron chi connectivity index (χ2n) is 6.47. The van der Waals surface area contributed by atoms with Crippen molar-refractivity contribution < 1.29 is 14.3 Å². The van der Waals surface area contributed by atoms with Crippen LogP contribution in [0.15, 0.2) is 30.4 Å². The maximum atomic E-state index is 12.6. The van der Waals surface area contributed by atoms with E-state index in [0.29, 0.717) is 28.2 Å². The number of nitrogens with one attached hydrogen (secondary N) is 2. The largest absolute Gasteiger partial charge is 0.375 e. The van der Waals surface area contributed by atoms with Crippen LogP contribution in [-0.2, 0) is 9.53 Å². The van der Waals surface area contributed by atoms with Gasteiger partial charge in [-0.3, -0.25) is 4.79 Å². The summed E-state index contributed by atoms with van der Waals surface area (Å²) in [6.07, 6.45) is 6.48. The molecule has 0 saturated carbocycles. The Labute approximate surface area is 152 Å². The van der Waals surface area contributed by atoms with Crippen molar-refractivity contribution in [1.29, 1.82) is 0 Å². The van der Waals surface area contributed by atoms with Gasteiger partial charge in [-0.2, -0.15) is 0 Å². The minimum atomic E-state index is -0.266. The predicted molar refractivity (Wildman–Crippen MR) is 97.9 cm³/mol. The first-order valence-electron chi connectivity index (χ1n) is 8.36. The topological polar surface area (TPSA) is 70.7 Å². The first-order chi connectivity index (χ1) is 12.1. The highest BCUT2D eigenvalue weighted by Crippen LogP contribution is 2.33. The van der Waals surface area contributed by atoms with Crippen molar-refractivity contribution >= 4 is 34.9 Å². The Kier molecular flexibility index (Phi) is 5.60. The molecule has 1 heterocycles. The number of allylic oxidation sites excluding steroid dienone is 2. The molecule has 2 unspecified atom stereocenters. The number of fused-ring (bicyclic) bond motifs is 1. The van der Waals surface area contributed by atoms with Crippen LogP contribution in [0.3, 0.4) is 0 Å². The van der Waals surface area contributed by atoms with Gasteiger partial charge in [0, 0.05) is 25.9 Å². The van der Waals surface area contributed by atoms with Gasteiger partial charge in [-0.15, -0.1) is 0 Å². The second kappa shape index (κ2) is 7.89. The molecule has 3 rings (SSSR count). The van der Waals surface area contributed by atoms with Crippen LogP contribution in [0.1, 0.15) is 12.8 Å². The van der Waals surface area contributed by atoms with Crippen molar-refractivity contribution in [1.82, 2.24) is 4.90 Å².